The Kier molecular flexibility index (Phi) is 5.25. The first-order chi connectivity index (χ1) is 14.8. The smallest absolute Gasteiger partial charge is 0.318 e. The van der Waals surface area contributed by atoms with E-state index >= 15 is 0 Å². The van der Waals surface area contributed by atoms with Gasteiger partial charge >= 0.3 is 6.03 Å². The molecule has 4 amide bonds. The lowest BCUT2D eigenvalue weighted by molar-refractivity contribution is -0.122. The van der Waals surface area contributed by atoms with Gasteiger partial charge in [0, 0.05) is 22.1 Å². The molecular weight excluding hydrogens is 414 g/mol. The summed E-state index contributed by atoms with van der Waals surface area (Å²) in [5.41, 5.74) is 4.51. The fourth-order valence-corrected chi connectivity index (χ4v) is 3.89. The number of hydrogen-bond donors (Lipinski definition) is 1. The van der Waals surface area contributed by atoms with E-state index in [9.17, 15) is 14.4 Å². The average molecular weight is 434 g/mol. The monoisotopic (exact) mass is 433 g/mol. The summed E-state index contributed by atoms with van der Waals surface area (Å²) in [5.74, 6) is -1.37. The van der Waals surface area contributed by atoms with Gasteiger partial charge in [0.2, 0.25) is 0 Å². The summed E-state index contributed by atoms with van der Waals surface area (Å²) in [6.45, 7) is 5.65. The second-order valence-electron chi connectivity index (χ2n) is 7.38. The second-order valence-corrected chi connectivity index (χ2v) is 7.82. The Morgan fingerprint density at radius 3 is 2.29 bits per heavy atom. The Bertz CT molecular complexity index is 1260. The lowest BCUT2D eigenvalue weighted by Crippen LogP contribution is -2.54. The zero-order valence-electron chi connectivity index (χ0n) is 17.3. The van der Waals surface area contributed by atoms with Gasteiger partial charge in [-0.3, -0.25) is 14.9 Å². The van der Waals surface area contributed by atoms with E-state index in [2.05, 4.69) is 5.32 Å². The molecule has 0 saturated carbocycles. The van der Waals surface area contributed by atoms with Crippen LogP contribution < -0.4 is 10.2 Å². The number of para-hydroxylation sites is 1. The quantitative estimate of drug-likeness (QED) is 0.479. The van der Waals surface area contributed by atoms with Crippen molar-refractivity contribution in [2.24, 2.45) is 0 Å². The topological polar surface area (TPSA) is 71.4 Å². The number of benzene rings is 2. The molecule has 1 aromatic heterocycles. The van der Waals surface area contributed by atoms with E-state index in [1.54, 1.807) is 37.3 Å². The second kappa shape index (κ2) is 7.89. The number of barbiturate groups is 1. The van der Waals surface area contributed by atoms with E-state index in [4.69, 9.17) is 11.6 Å². The van der Waals surface area contributed by atoms with Gasteiger partial charge in [-0.2, -0.15) is 0 Å². The van der Waals surface area contributed by atoms with Crippen molar-refractivity contribution < 1.29 is 14.4 Å². The van der Waals surface area contributed by atoms with Crippen molar-refractivity contribution >= 4 is 41.2 Å². The number of nitrogens with one attached hydrogen (secondary N) is 1. The largest absolute Gasteiger partial charge is 0.335 e. The minimum absolute atomic E-state index is 0.0980. The summed E-state index contributed by atoms with van der Waals surface area (Å²) in [5, 5.41) is 2.91. The fraction of sp³-hybridized carbons (Fsp3) is 0.125. The molecule has 0 radical (unpaired) electrons. The number of carbonyl (C=O) groups excluding carboxylic acids is 3. The molecule has 1 aliphatic rings. The van der Waals surface area contributed by atoms with E-state index < -0.39 is 17.8 Å². The van der Waals surface area contributed by atoms with Crippen LogP contribution in [0.4, 0.5) is 10.5 Å². The number of carbonyl (C=O) groups is 3. The molecule has 1 saturated heterocycles. The first-order valence-electron chi connectivity index (χ1n) is 9.70. The van der Waals surface area contributed by atoms with Crippen LogP contribution in [0.2, 0.25) is 5.02 Å². The number of aromatic nitrogens is 1. The molecular formula is C24H20ClN3O3. The molecule has 0 atom stereocenters. The number of rotatable bonds is 3. The van der Waals surface area contributed by atoms with Crippen molar-refractivity contribution in [3.8, 4) is 5.69 Å². The van der Waals surface area contributed by atoms with Gasteiger partial charge in [-0.1, -0.05) is 29.8 Å². The molecule has 6 nitrogen and oxygen atoms in total. The number of nitrogens with zero attached hydrogens (tertiary/aromatic N) is 2. The van der Waals surface area contributed by atoms with Gasteiger partial charge in [-0.15, -0.1) is 0 Å². The van der Waals surface area contributed by atoms with Gasteiger partial charge < -0.3 is 4.57 Å². The van der Waals surface area contributed by atoms with E-state index in [0.29, 0.717) is 16.3 Å². The van der Waals surface area contributed by atoms with E-state index in [1.165, 1.54) is 6.08 Å². The van der Waals surface area contributed by atoms with Crippen LogP contribution in [0.25, 0.3) is 11.8 Å². The van der Waals surface area contributed by atoms with Crippen molar-refractivity contribution in [3.05, 3.63) is 87.7 Å². The minimum atomic E-state index is -0.756. The van der Waals surface area contributed by atoms with Crippen LogP contribution in [0, 0.1) is 20.8 Å². The Balaban J connectivity index is 1.77. The first-order valence-corrected chi connectivity index (χ1v) is 10.1. The number of imide groups is 2. The first kappa shape index (κ1) is 20.6. The molecule has 3 aromatic rings. The Labute approximate surface area is 184 Å². The SMILES string of the molecule is Cc1ccccc1N1C(=O)NC(=O)/C(=C\c2cc(C)n(-c3ccc(Cl)cc3)c2C)C1=O. The predicted octanol–water partition coefficient (Wildman–Crippen LogP) is 4.72. The molecule has 31 heavy (non-hydrogen) atoms. The molecule has 1 N–H and O–H groups in total. The minimum Gasteiger partial charge on any atom is -0.318 e. The van der Waals surface area contributed by atoms with Crippen molar-refractivity contribution in [2.45, 2.75) is 20.8 Å². The number of halogens is 1. The van der Waals surface area contributed by atoms with E-state index in [1.807, 2.05) is 42.7 Å². The Morgan fingerprint density at radius 1 is 0.935 bits per heavy atom. The predicted molar refractivity (Wildman–Crippen MR) is 120 cm³/mol. The summed E-state index contributed by atoms with van der Waals surface area (Å²) in [6, 6.07) is 15.6. The van der Waals surface area contributed by atoms with Crippen molar-refractivity contribution in [2.75, 3.05) is 4.90 Å². The van der Waals surface area contributed by atoms with Gasteiger partial charge in [0.1, 0.15) is 5.57 Å². The number of anilines is 1. The summed E-state index contributed by atoms with van der Waals surface area (Å²) >= 11 is 6.00. The molecule has 2 aromatic carbocycles. The van der Waals surface area contributed by atoms with Crippen molar-refractivity contribution in [3.63, 3.8) is 0 Å². The molecule has 1 aliphatic heterocycles. The Morgan fingerprint density at radius 2 is 1.61 bits per heavy atom. The maximum Gasteiger partial charge on any atom is 0.335 e. The molecule has 0 unspecified atom stereocenters. The standard InChI is InChI=1S/C24H20ClN3O3/c1-14-6-4-5-7-21(14)28-23(30)20(22(29)26-24(28)31)13-17-12-15(2)27(16(17)3)19-10-8-18(25)9-11-19/h4-13H,1-3H3,(H,26,29,31)/b20-13+. The fourth-order valence-electron chi connectivity index (χ4n) is 3.77. The van der Waals surface area contributed by atoms with Crippen molar-refractivity contribution in [1.29, 1.82) is 0 Å². The van der Waals surface area contributed by atoms with Crippen LogP contribution >= 0.6 is 11.6 Å². The van der Waals surface area contributed by atoms with Gasteiger partial charge in [0.25, 0.3) is 11.8 Å². The molecule has 2 heterocycles. The number of urea groups is 1. The maximum absolute atomic E-state index is 13.2. The number of amides is 4. The third-order valence-corrected chi connectivity index (χ3v) is 5.56. The Hall–Kier alpha value is -3.64. The highest BCUT2D eigenvalue weighted by atomic mass is 35.5. The average Bonchev–Trinajstić information content (AvgIpc) is 3.00. The molecule has 156 valence electrons. The molecule has 0 aliphatic carbocycles. The van der Waals surface area contributed by atoms with Crippen LogP contribution in [-0.4, -0.2) is 22.4 Å². The molecule has 0 bridgehead atoms. The third-order valence-electron chi connectivity index (χ3n) is 5.31. The molecule has 7 heteroatoms. The van der Waals surface area contributed by atoms with Crippen molar-refractivity contribution in [1.82, 2.24) is 9.88 Å². The summed E-state index contributed by atoms with van der Waals surface area (Å²) < 4.78 is 2.01. The zero-order valence-corrected chi connectivity index (χ0v) is 18.0. The van der Waals surface area contributed by atoms with Gasteiger partial charge in [-0.25, -0.2) is 9.69 Å². The zero-order chi connectivity index (χ0) is 22.3. The number of hydrogen-bond acceptors (Lipinski definition) is 3. The third kappa shape index (κ3) is 3.66. The van der Waals surface area contributed by atoms with Crippen LogP contribution in [0.3, 0.4) is 0 Å². The van der Waals surface area contributed by atoms with Crippen LogP contribution in [-0.2, 0) is 9.59 Å². The van der Waals surface area contributed by atoms with E-state index in [-0.39, 0.29) is 5.57 Å². The van der Waals surface area contributed by atoms with Crippen LogP contribution in [0.5, 0.6) is 0 Å². The van der Waals surface area contributed by atoms with Crippen LogP contribution in [0.1, 0.15) is 22.5 Å². The molecule has 1 fully saturated rings. The maximum atomic E-state index is 13.2. The summed E-state index contributed by atoms with van der Waals surface area (Å²) in [6.07, 6.45) is 1.53. The molecule has 4 rings (SSSR count). The van der Waals surface area contributed by atoms with E-state index in [0.717, 1.165) is 27.5 Å². The van der Waals surface area contributed by atoms with Gasteiger partial charge in [-0.05, 0) is 74.4 Å². The lowest BCUT2D eigenvalue weighted by Gasteiger charge is -2.27. The number of aryl methyl sites for hydroxylation is 2. The highest BCUT2D eigenvalue weighted by molar-refractivity contribution is 6.39. The lowest BCUT2D eigenvalue weighted by atomic mass is 10.1. The van der Waals surface area contributed by atoms with Crippen LogP contribution in [0.15, 0.2) is 60.2 Å². The normalized spacial score (nSPS) is 15.5. The highest BCUT2D eigenvalue weighted by Crippen LogP contribution is 2.27. The van der Waals surface area contributed by atoms with Gasteiger partial charge in [0.15, 0.2) is 0 Å². The molecule has 0 spiro atoms. The highest BCUT2D eigenvalue weighted by Gasteiger charge is 2.37. The van der Waals surface area contributed by atoms with Gasteiger partial charge in [0.05, 0.1) is 5.69 Å². The summed E-state index contributed by atoms with van der Waals surface area (Å²) in [4.78, 5) is 39.1. The summed E-state index contributed by atoms with van der Waals surface area (Å²) in [7, 11) is 0.